The van der Waals surface area contributed by atoms with Gasteiger partial charge in [0.2, 0.25) is 0 Å². The third-order valence-corrected chi connectivity index (χ3v) is 2.82. The first kappa shape index (κ1) is 12.1. The van der Waals surface area contributed by atoms with Gasteiger partial charge in [0, 0.05) is 0 Å². The van der Waals surface area contributed by atoms with Crippen molar-refractivity contribution in [3.8, 4) is 5.75 Å². The summed E-state index contributed by atoms with van der Waals surface area (Å²) >= 11 is 0. The Bertz CT molecular complexity index is 296. The highest BCUT2D eigenvalue weighted by Gasteiger charge is 2.18. The molecule has 0 radical (unpaired) electrons. The Morgan fingerprint density at radius 3 is 2.47 bits per heavy atom. The van der Waals surface area contributed by atoms with Crippen LogP contribution in [0, 0.1) is 5.92 Å². The SMILES string of the molecule is COc1ccccc1C(CCN)C(C)C. The largest absolute Gasteiger partial charge is 0.496 e. The number of rotatable bonds is 5. The van der Waals surface area contributed by atoms with E-state index in [4.69, 9.17) is 10.5 Å². The smallest absolute Gasteiger partial charge is 0.122 e. The molecule has 1 rings (SSSR count). The molecule has 1 aromatic rings. The van der Waals surface area contributed by atoms with Gasteiger partial charge in [0.25, 0.3) is 0 Å². The summed E-state index contributed by atoms with van der Waals surface area (Å²) in [5.41, 5.74) is 6.93. The average molecular weight is 207 g/mol. The van der Waals surface area contributed by atoms with Crippen molar-refractivity contribution < 1.29 is 4.74 Å². The molecular formula is C13H21NO. The Morgan fingerprint density at radius 1 is 1.27 bits per heavy atom. The van der Waals surface area contributed by atoms with Crippen molar-refractivity contribution in [1.82, 2.24) is 0 Å². The molecule has 0 heterocycles. The molecule has 0 aliphatic carbocycles. The molecule has 0 amide bonds. The average Bonchev–Trinajstić information content (AvgIpc) is 2.25. The van der Waals surface area contributed by atoms with Gasteiger partial charge in [-0.2, -0.15) is 0 Å². The summed E-state index contributed by atoms with van der Waals surface area (Å²) in [7, 11) is 1.72. The van der Waals surface area contributed by atoms with Crippen LogP contribution in [0.2, 0.25) is 0 Å². The molecule has 84 valence electrons. The van der Waals surface area contributed by atoms with E-state index in [2.05, 4.69) is 26.0 Å². The van der Waals surface area contributed by atoms with E-state index < -0.39 is 0 Å². The molecule has 1 unspecified atom stereocenters. The molecule has 0 aliphatic heterocycles. The molecule has 2 nitrogen and oxygen atoms in total. The normalized spacial score (nSPS) is 12.9. The van der Waals surface area contributed by atoms with Crippen molar-refractivity contribution in [1.29, 1.82) is 0 Å². The molecule has 1 aromatic carbocycles. The molecule has 0 aromatic heterocycles. The van der Waals surface area contributed by atoms with Crippen LogP contribution in [-0.4, -0.2) is 13.7 Å². The fourth-order valence-corrected chi connectivity index (χ4v) is 2.00. The fourth-order valence-electron chi connectivity index (χ4n) is 2.00. The Kier molecular flexibility index (Phi) is 4.63. The van der Waals surface area contributed by atoms with Gasteiger partial charge in [0.05, 0.1) is 7.11 Å². The van der Waals surface area contributed by atoms with Gasteiger partial charge in [-0.25, -0.2) is 0 Å². The number of hydrogen-bond acceptors (Lipinski definition) is 2. The van der Waals surface area contributed by atoms with E-state index in [1.165, 1.54) is 5.56 Å². The molecule has 0 saturated carbocycles. The standard InChI is InChI=1S/C13H21NO/c1-10(2)11(8-9-14)12-6-4-5-7-13(12)15-3/h4-7,10-11H,8-9,14H2,1-3H3. The summed E-state index contributed by atoms with van der Waals surface area (Å²) in [4.78, 5) is 0. The van der Waals surface area contributed by atoms with Gasteiger partial charge in [-0.05, 0) is 36.4 Å². The van der Waals surface area contributed by atoms with Crippen LogP contribution in [0.1, 0.15) is 31.7 Å². The highest BCUT2D eigenvalue weighted by Crippen LogP contribution is 2.33. The van der Waals surface area contributed by atoms with E-state index >= 15 is 0 Å². The monoisotopic (exact) mass is 207 g/mol. The first-order valence-electron chi connectivity index (χ1n) is 5.53. The van der Waals surface area contributed by atoms with Crippen LogP contribution in [0.3, 0.4) is 0 Å². The van der Waals surface area contributed by atoms with Gasteiger partial charge in [-0.3, -0.25) is 0 Å². The van der Waals surface area contributed by atoms with E-state index in [0.717, 1.165) is 18.7 Å². The van der Waals surface area contributed by atoms with Crippen LogP contribution >= 0.6 is 0 Å². The molecule has 1 atom stereocenters. The maximum absolute atomic E-state index is 5.66. The van der Waals surface area contributed by atoms with Crippen molar-refractivity contribution in [3.05, 3.63) is 29.8 Å². The molecule has 2 heteroatoms. The number of ether oxygens (including phenoxy) is 1. The number of benzene rings is 1. The minimum atomic E-state index is 0.492. The lowest BCUT2D eigenvalue weighted by Gasteiger charge is -2.22. The maximum Gasteiger partial charge on any atom is 0.122 e. The van der Waals surface area contributed by atoms with E-state index in [9.17, 15) is 0 Å². The Labute approximate surface area is 92.4 Å². The van der Waals surface area contributed by atoms with Crippen LogP contribution in [0.4, 0.5) is 0 Å². The van der Waals surface area contributed by atoms with Crippen molar-refractivity contribution in [2.75, 3.05) is 13.7 Å². The van der Waals surface area contributed by atoms with Crippen LogP contribution < -0.4 is 10.5 Å². The quantitative estimate of drug-likeness (QED) is 0.805. The number of para-hydroxylation sites is 1. The van der Waals surface area contributed by atoms with E-state index in [0.29, 0.717) is 11.8 Å². The maximum atomic E-state index is 5.66. The first-order chi connectivity index (χ1) is 7.20. The zero-order valence-electron chi connectivity index (χ0n) is 9.86. The van der Waals surface area contributed by atoms with Gasteiger partial charge in [-0.15, -0.1) is 0 Å². The molecule has 0 fully saturated rings. The number of methoxy groups -OCH3 is 1. The minimum Gasteiger partial charge on any atom is -0.496 e. The van der Waals surface area contributed by atoms with E-state index in [1.807, 2.05) is 12.1 Å². The van der Waals surface area contributed by atoms with Gasteiger partial charge < -0.3 is 10.5 Å². The lowest BCUT2D eigenvalue weighted by molar-refractivity contribution is 0.390. The number of hydrogen-bond donors (Lipinski definition) is 1. The molecule has 0 bridgehead atoms. The summed E-state index contributed by atoms with van der Waals surface area (Å²) in [6, 6.07) is 8.21. The lowest BCUT2D eigenvalue weighted by atomic mass is 9.85. The minimum absolute atomic E-state index is 0.492. The van der Waals surface area contributed by atoms with Crippen molar-refractivity contribution in [3.63, 3.8) is 0 Å². The van der Waals surface area contributed by atoms with Gasteiger partial charge in [0.15, 0.2) is 0 Å². The Hall–Kier alpha value is -1.02. The van der Waals surface area contributed by atoms with Crippen LogP contribution in [0.25, 0.3) is 0 Å². The van der Waals surface area contributed by atoms with Crippen LogP contribution in [0.15, 0.2) is 24.3 Å². The lowest BCUT2D eigenvalue weighted by Crippen LogP contribution is -2.13. The van der Waals surface area contributed by atoms with Crippen molar-refractivity contribution in [2.24, 2.45) is 11.7 Å². The molecule has 0 saturated heterocycles. The zero-order chi connectivity index (χ0) is 11.3. The van der Waals surface area contributed by atoms with E-state index in [-0.39, 0.29) is 0 Å². The Morgan fingerprint density at radius 2 is 1.93 bits per heavy atom. The third-order valence-electron chi connectivity index (χ3n) is 2.82. The van der Waals surface area contributed by atoms with Gasteiger partial charge in [-0.1, -0.05) is 32.0 Å². The summed E-state index contributed by atoms with van der Waals surface area (Å²) in [6.07, 6.45) is 1.01. The van der Waals surface area contributed by atoms with E-state index in [1.54, 1.807) is 7.11 Å². The van der Waals surface area contributed by atoms with Crippen LogP contribution in [0.5, 0.6) is 5.75 Å². The highest BCUT2D eigenvalue weighted by molar-refractivity contribution is 5.36. The Balaban J connectivity index is 2.98. The van der Waals surface area contributed by atoms with Crippen molar-refractivity contribution in [2.45, 2.75) is 26.2 Å². The predicted octanol–water partition coefficient (Wildman–Crippen LogP) is 2.78. The van der Waals surface area contributed by atoms with Gasteiger partial charge >= 0.3 is 0 Å². The molecule has 2 N–H and O–H groups in total. The third kappa shape index (κ3) is 2.96. The molecule has 0 spiro atoms. The molecule has 0 aliphatic rings. The zero-order valence-corrected chi connectivity index (χ0v) is 9.86. The second-order valence-corrected chi connectivity index (χ2v) is 4.17. The molecule has 15 heavy (non-hydrogen) atoms. The number of nitrogens with two attached hydrogens (primary N) is 1. The topological polar surface area (TPSA) is 35.2 Å². The van der Waals surface area contributed by atoms with Crippen molar-refractivity contribution >= 4 is 0 Å². The first-order valence-corrected chi connectivity index (χ1v) is 5.53. The second kappa shape index (κ2) is 5.76. The second-order valence-electron chi connectivity index (χ2n) is 4.17. The molecular weight excluding hydrogens is 186 g/mol. The summed E-state index contributed by atoms with van der Waals surface area (Å²) < 4.78 is 5.38. The summed E-state index contributed by atoms with van der Waals surface area (Å²) in [5, 5.41) is 0. The highest BCUT2D eigenvalue weighted by atomic mass is 16.5. The summed E-state index contributed by atoms with van der Waals surface area (Å²) in [5.74, 6) is 2.06. The summed E-state index contributed by atoms with van der Waals surface area (Å²) in [6.45, 7) is 5.18. The fraction of sp³-hybridized carbons (Fsp3) is 0.538. The van der Waals surface area contributed by atoms with Gasteiger partial charge in [0.1, 0.15) is 5.75 Å². The predicted molar refractivity (Wildman–Crippen MR) is 64.2 cm³/mol. The van der Waals surface area contributed by atoms with Crippen LogP contribution in [-0.2, 0) is 0 Å².